The summed E-state index contributed by atoms with van der Waals surface area (Å²) in [6.45, 7) is 3.42. The second-order valence-corrected chi connectivity index (χ2v) is 3.08. The molecule has 0 saturated carbocycles. The van der Waals surface area contributed by atoms with E-state index in [9.17, 15) is 9.59 Å². The summed E-state index contributed by atoms with van der Waals surface area (Å²) in [6.07, 6.45) is 5.46. The maximum absolute atomic E-state index is 10.9. The second-order valence-electron chi connectivity index (χ2n) is 3.08. The van der Waals surface area contributed by atoms with E-state index in [0.29, 0.717) is 0 Å². The lowest BCUT2D eigenvalue weighted by atomic mass is 9.78. The summed E-state index contributed by atoms with van der Waals surface area (Å²) >= 11 is 0. The highest BCUT2D eigenvalue weighted by Gasteiger charge is 2.36. The average Bonchev–Trinajstić information content (AvgIpc) is 2.17. The van der Waals surface area contributed by atoms with Crippen LogP contribution >= 0.6 is 0 Å². The van der Waals surface area contributed by atoms with Crippen molar-refractivity contribution in [3.8, 4) is 0 Å². The Bertz CT molecular complexity index is 351. The zero-order valence-corrected chi connectivity index (χ0v) is 7.43. The lowest BCUT2D eigenvalue weighted by molar-refractivity contribution is -0.143. The van der Waals surface area contributed by atoms with E-state index in [2.05, 4.69) is 6.58 Å². The van der Waals surface area contributed by atoms with Gasteiger partial charge in [0.1, 0.15) is 5.41 Å². The summed E-state index contributed by atoms with van der Waals surface area (Å²) in [5.41, 5.74) is -1.20. The molecule has 0 fully saturated rings. The Kier molecular flexibility index (Phi) is 2.56. The number of carbonyl (C=O) groups is 2. The standard InChI is InChI=1S/C10H10O4/c1-2-10(9(13)14)5-3-4-7(6-10)8(11)12/h2-5H,1,6H2,(H,11,12)(H,13,14). The summed E-state index contributed by atoms with van der Waals surface area (Å²) in [6, 6.07) is 0. The van der Waals surface area contributed by atoms with Gasteiger partial charge in [-0.15, -0.1) is 6.58 Å². The molecule has 4 heteroatoms. The molecule has 1 unspecified atom stereocenters. The molecule has 14 heavy (non-hydrogen) atoms. The third kappa shape index (κ3) is 1.59. The van der Waals surface area contributed by atoms with E-state index in [1.54, 1.807) is 0 Å². The van der Waals surface area contributed by atoms with E-state index >= 15 is 0 Å². The van der Waals surface area contributed by atoms with Crippen LogP contribution in [0.15, 0.2) is 36.5 Å². The van der Waals surface area contributed by atoms with Gasteiger partial charge in [0.05, 0.1) is 0 Å². The first-order valence-electron chi connectivity index (χ1n) is 4.00. The Hall–Kier alpha value is -1.84. The molecule has 4 nitrogen and oxygen atoms in total. The molecule has 0 heterocycles. The van der Waals surface area contributed by atoms with Gasteiger partial charge in [0, 0.05) is 12.0 Å². The van der Waals surface area contributed by atoms with Crippen molar-refractivity contribution in [3.05, 3.63) is 36.5 Å². The number of rotatable bonds is 3. The highest BCUT2D eigenvalue weighted by atomic mass is 16.4. The van der Waals surface area contributed by atoms with Crippen LogP contribution in [-0.2, 0) is 9.59 Å². The Balaban J connectivity index is 3.04. The number of carboxylic acid groups (broad SMARTS) is 2. The van der Waals surface area contributed by atoms with E-state index in [4.69, 9.17) is 10.2 Å². The van der Waals surface area contributed by atoms with Gasteiger partial charge in [-0.2, -0.15) is 0 Å². The molecule has 0 aromatic rings. The molecule has 0 aromatic carbocycles. The first kappa shape index (κ1) is 10.2. The van der Waals surface area contributed by atoms with Crippen LogP contribution in [0.4, 0.5) is 0 Å². The zero-order chi connectivity index (χ0) is 10.8. The summed E-state index contributed by atoms with van der Waals surface area (Å²) in [5.74, 6) is -2.18. The van der Waals surface area contributed by atoms with Crippen molar-refractivity contribution in [1.82, 2.24) is 0 Å². The smallest absolute Gasteiger partial charge is 0.331 e. The van der Waals surface area contributed by atoms with Crippen LogP contribution in [0.5, 0.6) is 0 Å². The van der Waals surface area contributed by atoms with Gasteiger partial charge >= 0.3 is 11.9 Å². The van der Waals surface area contributed by atoms with Crippen LogP contribution in [0.3, 0.4) is 0 Å². The van der Waals surface area contributed by atoms with Gasteiger partial charge in [-0.25, -0.2) is 4.79 Å². The van der Waals surface area contributed by atoms with Crippen molar-refractivity contribution in [1.29, 1.82) is 0 Å². The van der Waals surface area contributed by atoms with Gasteiger partial charge < -0.3 is 10.2 Å². The fourth-order valence-corrected chi connectivity index (χ4v) is 1.29. The molecular weight excluding hydrogens is 184 g/mol. The molecule has 2 N–H and O–H groups in total. The predicted molar refractivity (Wildman–Crippen MR) is 49.7 cm³/mol. The summed E-state index contributed by atoms with van der Waals surface area (Å²) in [4.78, 5) is 21.6. The third-order valence-corrected chi connectivity index (χ3v) is 2.21. The van der Waals surface area contributed by atoms with E-state index in [1.807, 2.05) is 0 Å². The summed E-state index contributed by atoms with van der Waals surface area (Å²) < 4.78 is 0. The molecular formula is C10H10O4. The second kappa shape index (κ2) is 3.49. The molecule has 0 bridgehead atoms. The van der Waals surface area contributed by atoms with Crippen LogP contribution in [0.25, 0.3) is 0 Å². The van der Waals surface area contributed by atoms with E-state index in [-0.39, 0.29) is 12.0 Å². The van der Waals surface area contributed by atoms with Crippen molar-refractivity contribution < 1.29 is 19.8 Å². The van der Waals surface area contributed by atoms with Crippen LogP contribution in [0.2, 0.25) is 0 Å². The third-order valence-electron chi connectivity index (χ3n) is 2.21. The Morgan fingerprint density at radius 3 is 2.57 bits per heavy atom. The van der Waals surface area contributed by atoms with Crippen LogP contribution in [0, 0.1) is 5.41 Å². The van der Waals surface area contributed by atoms with Gasteiger partial charge in [0.25, 0.3) is 0 Å². The van der Waals surface area contributed by atoms with Crippen molar-refractivity contribution in [2.45, 2.75) is 6.42 Å². The van der Waals surface area contributed by atoms with E-state index < -0.39 is 17.4 Å². The Morgan fingerprint density at radius 2 is 2.14 bits per heavy atom. The molecule has 74 valence electrons. The molecule has 0 saturated heterocycles. The fourth-order valence-electron chi connectivity index (χ4n) is 1.29. The van der Waals surface area contributed by atoms with Gasteiger partial charge in [0.15, 0.2) is 0 Å². The topological polar surface area (TPSA) is 74.6 Å². The number of hydrogen-bond acceptors (Lipinski definition) is 2. The highest BCUT2D eigenvalue weighted by Crippen LogP contribution is 2.33. The molecule has 1 aliphatic carbocycles. The fraction of sp³-hybridized carbons (Fsp3) is 0.200. The lowest BCUT2D eigenvalue weighted by Crippen LogP contribution is -2.29. The Labute approximate surface area is 80.9 Å². The molecule has 1 rings (SSSR count). The molecule has 0 amide bonds. The van der Waals surface area contributed by atoms with Crippen molar-refractivity contribution in [2.75, 3.05) is 0 Å². The number of hydrogen-bond donors (Lipinski definition) is 2. The average molecular weight is 194 g/mol. The lowest BCUT2D eigenvalue weighted by Gasteiger charge is -2.24. The zero-order valence-electron chi connectivity index (χ0n) is 7.43. The number of allylic oxidation sites excluding steroid dienone is 2. The Morgan fingerprint density at radius 1 is 1.50 bits per heavy atom. The predicted octanol–water partition coefficient (Wildman–Crippen LogP) is 1.21. The number of aliphatic carboxylic acids is 2. The van der Waals surface area contributed by atoms with Crippen molar-refractivity contribution in [2.24, 2.45) is 5.41 Å². The van der Waals surface area contributed by atoms with Crippen LogP contribution < -0.4 is 0 Å². The highest BCUT2D eigenvalue weighted by molar-refractivity contribution is 5.90. The largest absolute Gasteiger partial charge is 0.480 e. The molecule has 0 spiro atoms. The minimum absolute atomic E-state index is 0.0579. The van der Waals surface area contributed by atoms with Gasteiger partial charge in [-0.1, -0.05) is 24.3 Å². The molecule has 1 aliphatic rings. The minimum atomic E-state index is -1.28. The molecule has 1 atom stereocenters. The quantitative estimate of drug-likeness (QED) is 0.662. The van der Waals surface area contributed by atoms with Crippen molar-refractivity contribution >= 4 is 11.9 Å². The van der Waals surface area contributed by atoms with Crippen molar-refractivity contribution in [3.63, 3.8) is 0 Å². The van der Waals surface area contributed by atoms with Gasteiger partial charge in [-0.05, 0) is 0 Å². The first-order valence-corrected chi connectivity index (χ1v) is 4.00. The van der Waals surface area contributed by atoms with E-state index in [1.165, 1.54) is 24.3 Å². The summed E-state index contributed by atoms with van der Waals surface area (Å²) in [7, 11) is 0. The maximum Gasteiger partial charge on any atom is 0.331 e. The van der Waals surface area contributed by atoms with Gasteiger partial charge in [-0.3, -0.25) is 4.79 Å². The van der Waals surface area contributed by atoms with E-state index in [0.717, 1.165) is 0 Å². The maximum atomic E-state index is 10.9. The summed E-state index contributed by atoms with van der Waals surface area (Å²) in [5, 5.41) is 17.7. The SMILES string of the molecule is C=CC1(C(=O)O)C=CC=C(C(=O)O)C1. The monoisotopic (exact) mass is 194 g/mol. The number of carboxylic acids is 2. The van der Waals surface area contributed by atoms with Crippen LogP contribution in [-0.4, -0.2) is 22.2 Å². The molecule has 0 aromatic heterocycles. The molecule has 0 aliphatic heterocycles. The van der Waals surface area contributed by atoms with Gasteiger partial charge in [0.2, 0.25) is 0 Å². The minimum Gasteiger partial charge on any atom is -0.480 e. The molecule has 0 radical (unpaired) electrons. The normalized spacial score (nSPS) is 25.3. The first-order chi connectivity index (χ1) is 6.52. The van der Waals surface area contributed by atoms with Crippen LogP contribution in [0.1, 0.15) is 6.42 Å².